The molecule has 20 heavy (non-hydrogen) atoms. The number of amides is 1. The van der Waals surface area contributed by atoms with Crippen molar-refractivity contribution in [1.29, 1.82) is 0 Å². The van der Waals surface area contributed by atoms with Crippen molar-refractivity contribution in [3.05, 3.63) is 28.6 Å². The third kappa shape index (κ3) is 2.95. The summed E-state index contributed by atoms with van der Waals surface area (Å²) in [6.45, 7) is 7.19. The molecule has 0 aliphatic rings. The number of hydrogen-bond donors (Lipinski definition) is 1. The molecule has 0 fully saturated rings. The summed E-state index contributed by atoms with van der Waals surface area (Å²) in [5, 5.41) is 10.2. The number of hydrogen-bond acceptors (Lipinski definition) is 5. The van der Waals surface area contributed by atoms with Gasteiger partial charge in [0.25, 0.3) is 0 Å². The molecular weight excluding hydrogens is 262 g/mol. The van der Waals surface area contributed by atoms with Gasteiger partial charge in [-0.25, -0.2) is 9.48 Å². The maximum absolute atomic E-state index is 12.1. The van der Waals surface area contributed by atoms with Gasteiger partial charge in [-0.1, -0.05) is 5.16 Å². The Labute approximate surface area is 115 Å². The molecule has 108 valence electrons. The Morgan fingerprint density at radius 3 is 2.65 bits per heavy atom. The van der Waals surface area contributed by atoms with Crippen molar-refractivity contribution in [3.63, 3.8) is 0 Å². The van der Waals surface area contributed by atoms with E-state index in [0.717, 1.165) is 0 Å². The van der Waals surface area contributed by atoms with Gasteiger partial charge < -0.3 is 9.84 Å². The van der Waals surface area contributed by atoms with Gasteiger partial charge in [-0.15, -0.1) is 0 Å². The highest BCUT2D eigenvalue weighted by Gasteiger charge is 2.19. The minimum atomic E-state index is -0.429. The van der Waals surface area contributed by atoms with Crippen molar-refractivity contribution < 1.29 is 9.32 Å². The van der Waals surface area contributed by atoms with Gasteiger partial charge in [0.2, 0.25) is 5.91 Å². The van der Waals surface area contributed by atoms with Crippen molar-refractivity contribution in [1.82, 2.24) is 19.5 Å². The van der Waals surface area contributed by atoms with Gasteiger partial charge in [-0.3, -0.25) is 9.36 Å². The highest BCUT2D eigenvalue weighted by Crippen LogP contribution is 2.08. The summed E-state index contributed by atoms with van der Waals surface area (Å²) in [7, 11) is 0. The molecule has 0 radical (unpaired) electrons. The highest BCUT2D eigenvalue weighted by molar-refractivity contribution is 5.89. The van der Waals surface area contributed by atoms with E-state index in [4.69, 9.17) is 4.52 Å². The Balaban J connectivity index is 2.09. The zero-order valence-corrected chi connectivity index (χ0v) is 11.9. The van der Waals surface area contributed by atoms with E-state index in [1.165, 1.54) is 15.6 Å². The van der Waals surface area contributed by atoms with Crippen LogP contribution in [0.4, 0.5) is 5.82 Å². The molecule has 1 N–H and O–H groups in total. The fraction of sp³-hybridized carbons (Fsp3) is 0.500. The number of nitrogens with zero attached hydrogens (tertiary/aromatic N) is 4. The first-order valence-electron chi connectivity index (χ1n) is 6.15. The SMILES string of the molecule is Cc1cc(NC(=O)Cn2cnn(C(C)(C)C)c2=O)no1. The lowest BCUT2D eigenvalue weighted by molar-refractivity contribution is -0.116. The largest absolute Gasteiger partial charge is 0.360 e. The molecule has 0 spiro atoms. The first-order chi connectivity index (χ1) is 9.27. The summed E-state index contributed by atoms with van der Waals surface area (Å²) < 4.78 is 7.42. The van der Waals surface area contributed by atoms with Crippen LogP contribution in [0.3, 0.4) is 0 Å². The maximum atomic E-state index is 12.1. The minimum absolute atomic E-state index is 0.124. The van der Waals surface area contributed by atoms with Crippen LogP contribution in [0, 0.1) is 6.92 Å². The summed E-state index contributed by atoms with van der Waals surface area (Å²) in [4.78, 5) is 23.9. The molecule has 0 saturated carbocycles. The summed E-state index contributed by atoms with van der Waals surface area (Å²) in [5.41, 5.74) is -0.758. The number of anilines is 1. The van der Waals surface area contributed by atoms with Crippen molar-refractivity contribution in [2.24, 2.45) is 0 Å². The number of carbonyl (C=O) groups is 1. The Hall–Kier alpha value is -2.38. The van der Waals surface area contributed by atoms with Crippen LogP contribution < -0.4 is 11.0 Å². The average Bonchev–Trinajstić information content (AvgIpc) is 2.86. The Morgan fingerprint density at radius 2 is 2.15 bits per heavy atom. The van der Waals surface area contributed by atoms with E-state index >= 15 is 0 Å². The fourth-order valence-corrected chi connectivity index (χ4v) is 1.67. The average molecular weight is 279 g/mol. The second-order valence-corrected chi connectivity index (χ2v) is 5.50. The first kappa shape index (κ1) is 14.0. The van der Waals surface area contributed by atoms with E-state index in [2.05, 4.69) is 15.6 Å². The van der Waals surface area contributed by atoms with Crippen LogP contribution in [0.2, 0.25) is 0 Å². The van der Waals surface area contributed by atoms with Crippen LogP contribution in [-0.2, 0) is 16.9 Å². The number of aromatic nitrogens is 4. The molecule has 1 amide bonds. The van der Waals surface area contributed by atoms with Crippen molar-refractivity contribution in [2.45, 2.75) is 39.8 Å². The third-order valence-electron chi connectivity index (χ3n) is 2.58. The molecule has 2 aromatic heterocycles. The van der Waals surface area contributed by atoms with Crippen molar-refractivity contribution >= 4 is 11.7 Å². The number of rotatable bonds is 3. The van der Waals surface area contributed by atoms with Crippen LogP contribution in [-0.4, -0.2) is 25.4 Å². The van der Waals surface area contributed by atoms with Gasteiger partial charge in [-0.2, -0.15) is 5.10 Å². The van der Waals surface area contributed by atoms with E-state index in [-0.39, 0.29) is 18.1 Å². The highest BCUT2D eigenvalue weighted by atomic mass is 16.5. The summed E-state index contributed by atoms with van der Waals surface area (Å²) in [6, 6.07) is 1.60. The zero-order valence-electron chi connectivity index (χ0n) is 11.9. The van der Waals surface area contributed by atoms with Crippen molar-refractivity contribution in [3.8, 4) is 0 Å². The first-order valence-corrected chi connectivity index (χ1v) is 6.15. The molecule has 0 bridgehead atoms. The zero-order chi connectivity index (χ0) is 14.9. The number of nitrogens with one attached hydrogen (secondary N) is 1. The second-order valence-electron chi connectivity index (χ2n) is 5.50. The topological polar surface area (TPSA) is 95.0 Å². The predicted molar refractivity (Wildman–Crippen MR) is 71.4 cm³/mol. The molecule has 0 aliphatic carbocycles. The lowest BCUT2D eigenvalue weighted by atomic mass is 10.1. The van der Waals surface area contributed by atoms with Crippen LogP contribution >= 0.6 is 0 Å². The summed E-state index contributed by atoms with van der Waals surface area (Å²) in [5.74, 6) is 0.552. The van der Waals surface area contributed by atoms with Gasteiger partial charge in [0, 0.05) is 6.07 Å². The molecule has 0 atom stereocenters. The second kappa shape index (κ2) is 4.95. The summed E-state index contributed by atoms with van der Waals surface area (Å²) >= 11 is 0. The van der Waals surface area contributed by atoms with Crippen LogP contribution in [0.15, 0.2) is 21.7 Å². The normalized spacial score (nSPS) is 11.6. The molecule has 2 rings (SSSR count). The van der Waals surface area contributed by atoms with Gasteiger partial charge >= 0.3 is 5.69 Å². The molecule has 0 unspecified atom stereocenters. The summed E-state index contributed by atoms with van der Waals surface area (Å²) in [6.07, 6.45) is 1.35. The molecular formula is C12H17N5O3. The molecule has 2 aromatic rings. The smallest absolute Gasteiger partial charge is 0.346 e. The lowest BCUT2D eigenvalue weighted by Gasteiger charge is -2.16. The molecule has 2 heterocycles. The van der Waals surface area contributed by atoms with Crippen molar-refractivity contribution in [2.75, 3.05) is 5.32 Å². The monoisotopic (exact) mass is 279 g/mol. The van der Waals surface area contributed by atoms with Gasteiger partial charge in [0.1, 0.15) is 18.6 Å². The van der Waals surface area contributed by atoms with E-state index < -0.39 is 5.54 Å². The van der Waals surface area contributed by atoms with E-state index in [9.17, 15) is 9.59 Å². The van der Waals surface area contributed by atoms with Gasteiger partial charge in [0.15, 0.2) is 5.82 Å². The molecule has 0 saturated heterocycles. The molecule has 8 heteroatoms. The van der Waals surface area contributed by atoms with E-state index in [0.29, 0.717) is 11.6 Å². The van der Waals surface area contributed by atoms with Crippen LogP contribution in [0.25, 0.3) is 0 Å². The minimum Gasteiger partial charge on any atom is -0.360 e. The quantitative estimate of drug-likeness (QED) is 0.893. The standard InChI is InChI=1S/C12H17N5O3/c1-8-5-9(15-20-8)14-10(18)6-16-7-13-17(11(16)19)12(2,3)4/h5,7H,6H2,1-4H3,(H,14,15,18). The molecule has 0 aromatic carbocycles. The predicted octanol–water partition coefficient (Wildman–Crippen LogP) is 0.735. The van der Waals surface area contributed by atoms with Gasteiger partial charge in [-0.05, 0) is 27.7 Å². The fourth-order valence-electron chi connectivity index (χ4n) is 1.67. The molecule has 0 aliphatic heterocycles. The number of carbonyl (C=O) groups excluding carboxylic acids is 1. The lowest BCUT2D eigenvalue weighted by Crippen LogP contribution is -2.37. The Bertz CT molecular complexity index is 674. The van der Waals surface area contributed by atoms with Crippen LogP contribution in [0.1, 0.15) is 26.5 Å². The Morgan fingerprint density at radius 1 is 1.45 bits per heavy atom. The van der Waals surface area contributed by atoms with E-state index in [1.807, 2.05) is 20.8 Å². The Kier molecular flexibility index (Phi) is 3.47. The number of aryl methyl sites for hydroxylation is 1. The third-order valence-corrected chi connectivity index (χ3v) is 2.58. The van der Waals surface area contributed by atoms with Gasteiger partial charge in [0.05, 0.1) is 5.54 Å². The van der Waals surface area contributed by atoms with E-state index in [1.54, 1.807) is 13.0 Å². The maximum Gasteiger partial charge on any atom is 0.346 e. The molecule has 8 nitrogen and oxygen atoms in total. The van der Waals surface area contributed by atoms with Crippen LogP contribution in [0.5, 0.6) is 0 Å².